The Morgan fingerprint density at radius 1 is 1.09 bits per heavy atom. The molecule has 0 spiro atoms. The molecule has 3 aromatic rings. The number of methoxy groups -OCH3 is 1. The van der Waals surface area contributed by atoms with Crippen LogP contribution in [-0.2, 0) is 9.59 Å². The molecule has 4 rings (SSSR count). The van der Waals surface area contributed by atoms with Gasteiger partial charge in [0.25, 0.3) is 17.5 Å². The van der Waals surface area contributed by atoms with Crippen LogP contribution in [0.1, 0.15) is 16.9 Å². The molecule has 1 saturated heterocycles. The van der Waals surface area contributed by atoms with E-state index in [9.17, 15) is 19.7 Å². The third-order valence-corrected chi connectivity index (χ3v) is 5.43. The number of aryl methyl sites for hydroxylation is 2. The van der Waals surface area contributed by atoms with Gasteiger partial charge in [0.15, 0.2) is 5.11 Å². The highest BCUT2D eigenvalue weighted by Gasteiger charge is 2.35. The number of hydrogen-bond acceptors (Lipinski definition) is 7. The van der Waals surface area contributed by atoms with Gasteiger partial charge in [-0.1, -0.05) is 6.07 Å². The number of non-ortho nitro benzene ring substituents is 1. The van der Waals surface area contributed by atoms with Crippen molar-refractivity contribution in [1.82, 2.24) is 5.32 Å². The van der Waals surface area contributed by atoms with Crippen molar-refractivity contribution in [2.75, 3.05) is 12.0 Å². The van der Waals surface area contributed by atoms with E-state index in [2.05, 4.69) is 5.32 Å². The number of anilines is 1. The Bertz CT molecular complexity index is 1370. The van der Waals surface area contributed by atoms with E-state index in [0.717, 1.165) is 11.1 Å². The first-order valence-electron chi connectivity index (χ1n) is 10.1. The van der Waals surface area contributed by atoms with Gasteiger partial charge in [-0.15, -0.1) is 0 Å². The normalized spacial score (nSPS) is 15.0. The average Bonchev–Trinajstić information content (AvgIpc) is 3.23. The van der Waals surface area contributed by atoms with Crippen LogP contribution in [0.2, 0.25) is 0 Å². The van der Waals surface area contributed by atoms with E-state index in [1.54, 1.807) is 24.3 Å². The van der Waals surface area contributed by atoms with E-state index in [0.29, 0.717) is 17.0 Å². The minimum Gasteiger partial charge on any atom is -0.496 e. The lowest BCUT2D eigenvalue weighted by Gasteiger charge is -2.29. The fraction of sp³-hybridized carbons (Fsp3) is 0.125. The number of hydrogen-bond donors (Lipinski definition) is 1. The summed E-state index contributed by atoms with van der Waals surface area (Å²) in [5.74, 6) is -0.377. The number of benzene rings is 2. The van der Waals surface area contributed by atoms with Crippen molar-refractivity contribution >= 4 is 46.6 Å². The molecule has 9 nitrogen and oxygen atoms in total. The zero-order chi connectivity index (χ0) is 24.6. The fourth-order valence-electron chi connectivity index (χ4n) is 3.69. The molecule has 0 saturated carbocycles. The quantitative estimate of drug-likeness (QED) is 0.191. The molecule has 10 heteroatoms. The third-order valence-electron chi connectivity index (χ3n) is 5.14. The molecule has 0 bridgehead atoms. The summed E-state index contributed by atoms with van der Waals surface area (Å²) < 4.78 is 11.1. The van der Waals surface area contributed by atoms with Crippen LogP contribution in [0.3, 0.4) is 0 Å². The highest BCUT2D eigenvalue weighted by molar-refractivity contribution is 7.80. The summed E-state index contributed by atoms with van der Waals surface area (Å²) in [5.41, 5.74) is 2.65. The molecule has 0 radical (unpaired) electrons. The molecule has 1 fully saturated rings. The number of nitro groups is 1. The second-order valence-electron chi connectivity index (χ2n) is 7.65. The van der Waals surface area contributed by atoms with Crippen LogP contribution in [-0.4, -0.2) is 29.0 Å². The molecule has 1 aliphatic heterocycles. The number of nitrogens with one attached hydrogen (secondary N) is 1. The SMILES string of the molecule is COc1cc([N+](=O)[O-])ccc1-c1ccc(/C=C2\C(=O)NC(=S)N(c3cc(C)cc(C)c3)C2=O)o1. The molecule has 0 atom stereocenters. The molecule has 2 heterocycles. The molecule has 172 valence electrons. The summed E-state index contributed by atoms with van der Waals surface area (Å²) >= 11 is 5.25. The number of carbonyl (C=O) groups excluding carboxylic acids is 2. The zero-order valence-corrected chi connectivity index (χ0v) is 19.3. The largest absolute Gasteiger partial charge is 0.496 e. The summed E-state index contributed by atoms with van der Waals surface area (Å²) in [6.45, 7) is 3.81. The lowest BCUT2D eigenvalue weighted by atomic mass is 10.1. The van der Waals surface area contributed by atoms with Crippen LogP contribution >= 0.6 is 12.2 Å². The first kappa shape index (κ1) is 22.9. The number of ether oxygens (including phenoxy) is 1. The van der Waals surface area contributed by atoms with Crippen molar-refractivity contribution in [2.24, 2.45) is 0 Å². The first-order valence-corrected chi connectivity index (χ1v) is 10.5. The van der Waals surface area contributed by atoms with Gasteiger partial charge in [-0.05, 0) is 73.6 Å². The number of rotatable bonds is 5. The van der Waals surface area contributed by atoms with Crippen LogP contribution in [0.4, 0.5) is 11.4 Å². The van der Waals surface area contributed by atoms with E-state index in [1.165, 1.54) is 36.3 Å². The van der Waals surface area contributed by atoms with Gasteiger partial charge in [0.1, 0.15) is 22.8 Å². The topological polar surface area (TPSA) is 115 Å². The van der Waals surface area contributed by atoms with Crippen molar-refractivity contribution in [3.63, 3.8) is 0 Å². The van der Waals surface area contributed by atoms with Crippen molar-refractivity contribution < 1.29 is 23.7 Å². The second-order valence-corrected chi connectivity index (χ2v) is 8.03. The van der Waals surface area contributed by atoms with E-state index in [1.807, 2.05) is 19.9 Å². The van der Waals surface area contributed by atoms with Crippen molar-refractivity contribution in [1.29, 1.82) is 0 Å². The van der Waals surface area contributed by atoms with Gasteiger partial charge in [-0.25, -0.2) is 0 Å². The Labute approximate surface area is 199 Å². The molecule has 1 aromatic heterocycles. The number of nitrogens with zero attached hydrogens (tertiary/aromatic N) is 2. The zero-order valence-electron chi connectivity index (χ0n) is 18.4. The average molecular weight is 477 g/mol. The minimum atomic E-state index is -0.638. The van der Waals surface area contributed by atoms with Crippen molar-refractivity contribution in [3.05, 3.63) is 81.1 Å². The summed E-state index contributed by atoms with van der Waals surface area (Å²) in [7, 11) is 1.39. The Balaban J connectivity index is 1.69. The fourth-order valence-corrected chi connectivity index (χ4v) is 3.97. The predicted octanol–water partition coefficient (Wildman–Crippen LogP) is 4.31. The second kappa shape index (κ2) is 8.91. The molecule has 0 unspecified atom stereocenters. The predicted molar refractivity (Wildman–Crippen MR) is 129 cm³/mol. The summed E-state index contributed by atoms with van der Waals surface area (Å²) in [6.07, 6.45) is 1.33. The highest BCUT2D eigenvalue weighted by atomic mass is 32.1. The van der Waals surface area contributed by atoms with Crippen LogP contribution in [0, 0.1) is 24.0 Å². The highest BCUT2D eigenvalue weighted by Crippen LogP contribution is 2.35. The molecular formula is C24H19N3O6S. The summed E-state index contributed by atoms with van der Waals surface area (Å²) in [4.78, 5) is 37.6. The number of amides is 2. The molecule has 2 aromatic carbocycles. The standard InChI is InChI=1S/C24H19N3O6S/c1-13-8-14(2)10-16(9-13)26-23(29)19(22(28)25-24(26)34)12-17-5-7-20(33-17)18-6-4-15(27(30)31)11-21(18)32-3/h4-12H,1-3H3,(H,25,28,34)/b19-12+. The van der Waals surface area contributed by atoms with Gasteiger partial charge in [-0.3, -0.25) is 29.9 Å². The number of carbonyl (C=O) groups is 2. The Morgan fingerprint density at radius 3 is 2.44 bits per heavy atom. The van der Waals surface area contributed by atoms with Gasteiger partial charge >= 0.3 is 0 Å². The lowest BCUT2D eigenvalue weighted by molar-refractivity contribution is -0.384. The van der Waals surface area contributed by atoms with Gasteiger partial charge in [-0.2, -0.15) is 0 Å². The smallest absolute Gasteiger partial charge is 0.273 e. The number of thiocarbonyl (C=S) groups is 1. The minimum absolute atomic E-state index is 0.00657. The van der Waals surface area contributed by atoms with Crippen molar-refractivity contribution in [2.45, 2.75) is 13.8 Å². The Kier molecular flexibility index (Phi) is 5.99. The van der Waals surface area contributed by atoms with Gasteiger partial charge in [0, 0.05) is 6.07 Å². The van der Waals surface area contributed by atoms with Gasteiger partial charge < -0.3 is 9.15 Å². The van der Waals surface area contributed by atoms with E-state index in [4.69, 9.17) is 21.4 Å². The van der Waals surface area contributed by atoms with Crippen LogP contribution in [0.5, 0.6) is 5.75 Å². The molecule has 34 heavy (non-hydrogen) atoms. The van der Waals surface area contributed by atoms with Crippen LogP contribution in [0.15, 0.2) is 58.5 Å². The number of nitro benzene ring substituents is 1. The Hall–Kier alpha value is -4.31. The molecular weight excluding hydrogens is 458 g/mol. The molecule has 2 amide bonds. The maximum absolute atomic E-state index is 13.2. The lowest BCUT2D eigenvalue weighted by Crippen LogP contribution is -2.54. The summed E-state index contributed by atoms with van der Waals surface area (Å²) in [6, 6.07) is 12.9. The summed E-state index contributed by atoms with van der Waals surface area (Å²) in [5, 5.41) is 13.6. The van der Waals surface area contributed by atoms with Crippen molar-refractivity contribution in [3.8, 4) is 17.1 Å². The van der Waals surface area contributed by atoms with Gasteiger partial charge in [0.05, 0.1) is 29.4 Å². The third kappa shape index (κ3) is 4.30. The van der Waals surface area contributed by atoms with Crippen LogP contribution in [0.25, 0.3) is 17.4 Å². The maximum atomic E-state index is 13.2. The monoisotopic (exact) mass is 477 g/mol. The van der Waals surface area contributed by atoms with E-state index >= 15 is 0 Å². The molecule has 0 aliphatic carbocycles. The Morgan fingerprint density at radius 2 is 1.79 bits per heavy atom. The molecule has 1 aliphatic rings. The number of furan rings is 1. The maximum Gasteiger partial charge on any atom is 0.273 e. The first-order chi connectivity index (χ1) is 16.2. The molecule has 1 N–H and O–H groups in total. The van der Waals surface area contributed by atoms with Gasteiger partial charge in [0.2, 0.25) is 0 Å². The van der Waals surface area contributed by atoms with Crippen LogP contribution < -0.4 is 15.0 Å². The van der Waals surface area contributed by atoms with E-state index < -0.39 is 16.7 Å². The van der Waals surface area contributed by atoms with E-state index in [-0.39, 0.29) is 27.9 Å².